The van der Waals surface area contributed by atoms with Crippen molar-refractivity contribution in [2.75, 3.05) is 6.61 Å². The molecule has 2 rings (SSSR count). The van der Waals surface area contributed by atoms with E-state index in [0.717, 1.165) is 31.4 Å². The lowest BCUT2D eigenvalue weighted by Gasteiger charge is -2.22. The summed E-state index contributed by atoms with van der Waals surface area (Å²) in [5.74, 6) is -2.34. The lowest BCUT2D eigenvalue weighted by molar-refractivity contribution is -0.168. The van der Waals surface area contributed by atoms with Gasteiger partial charge in [-0.05, 0) is 24.8 Å². The van der Waals surface area contributed by atoms with Crippen molar-refractivity contribution in [3.05, 3.63) is 35.4 Å². The quantitative estimate of drug-likeness (QED) is 0.650. The molecule has 1 saturated heterocycles. The Kier molecular flexibility index (Phi) is 4.65. The van der Waals surface area contributed by atoms with Gasteiger partial charge < -0.3 is 14.6 Å². The largest absolute Gasteiger partial charge is 0.475 e. The molecule has 1 aliphatic heterocycles. The number of aliphatic carboxylic acids is 1. The van der Waals surface area contributed by atoms with E-state index >= 15 is 0 Å². The Morgan fingerprint density at radius 1 is 1.26 bits per heavy atom. The first-order valence-corrected chi connectivity index (χ1v) is 6.26. The van der Waals surface area contributed by atoms with Gasteiger partial charge in [0.15, 0.2) is 6.29 Å². The summed E-state index contributed by atoms with van der Waals surface area (Å²) in [6.45, 7) is 1.13. The van der Waals surface area contributed by atoms with E-state index in [0.29, 0.717) is 6.61 Å². The van der Waals surface area contributed by atoms with Gasteiger partial charge in [0.25, 0.3) is 5.78 Å². The normalized spacial score (nSPS) is 19.1. The molecule has 1 aromatic carbocycles. The maximum atomic E-state index is 11.2. The molecule has 0 spiro atoms. The molecule has 0 bridgehead atoms. The fourth-order valence-corrected chi connectivity index (χ4v) is 1.91. The SMILES string of the molecule is O=C(O)C(=O)c1ccc(COC2CCCCO2)cc1. The highest BCUT2D eigenvalue weighted by molar-refractivity contribution is 6.39. The van der Waals surface area contributed by atoms with E-state index in [-0.39, 0.29) is 11.9 Å². The van der Waals surface area contributed by atoms with E-state index in [1.807, 2.05) is 0 Å². The van der Waals surface area contributed by atoms with Crippen LogP contribution in [0.4, 0.5) is 0 Å². The summed E-state index contributed by atoms with van der Waals surface area (Å²) in [5.41, 5.74) is 1.06. The maximum absolute atomic E-state index is 11.2. The Morgan fingerprint density at radius 3 is 2.58 bits per heavy atom. The minimum atomic E-state index is -1.44. The van der Waals surface area contributed by atoms with Crippen molar-refractivity contribution in [2.24, 2.45) is 0 Å². The number of rotatable bonds is 5. The van der Waals surface area contributed by atoms with Gasteiger partial charge >= 0.3 is 5.97 Å². The molecule has 0 radical (unpaired) electrons. The van der Waals surface area contributed by atoms with Crippen LogP contribution in [0.3, 0.4) is 0 Å². The van der Waals surface area contributed by atoms with E-state index in [2.05, 4.69) is 0 Å². The van der Waals surface area contributed by atoms with Crippen LogP contribution < -0.4 is 0 Å². The van der Waals surface area contributed by atoms with E-state index in [9.17, 15) is 9.59 Å². The number of benzene rings is 1. The van der Waals surface area contributed by atoms with Crippen LogP contribution in [0.15, 0.2) is 24.3 Å². The van der Waals surface area contributed by atoms with Crippen molar-refractivity contribution in [1.29, 1.82) is 0 Å². The summed E-state index contributed by atoms with van der Waals surface area (Å²) >= 11 is 0. The van der Waals surface area contributed by atoms with Gasteiger partial charge in [-0.1, -0.05) is 24.3 Å². The van der Waals surface area contributed by atoms with Crippen molar-refractivity contribution in [1.82, 2.24) is 0 Å². The number of Topliss-reactive ketones (excluding diaryl/α,β-unsaturated/α-hetero) is 1. The number of carboxylic acid groups (broad SMARTS) is 1. The number of ether oxygens (including phenoxy) is 2. The fraction of sp³-hybridized carbons (Fsp3) is 0.429. The molecule has 5 nitrogen and oxygen atoms in total. The summed E-state index contributed by atoms with van der Waals surface area (Å²) in [4.78, 5) is 21.7. The van der Waals surface area contributed by atoms with Gasteiger partial charge in [0, 0.05) is 12.2 Å². The molecule has 0 saturated carbocycles. The second-order valence-corrected chi connectivity index (χ2v) is 4.44. The zero-order valence-electron chi connectivity index (χ0n) is 10.5. The van der Waals surface area contributed by atoms with Gasteiger partial charge in [0.1, 0.15) is 0 Å². The zero-order valence-corrected chi connectivity index (χ0v) is 10.5. The van der Waals surface area contributed by atoms with Crippen LogP contribution in [0.25, 0.3) is 0 Å². The first-order valence-electron chi connectivity index (χ1n) is 6.26. The van der Waals surface area contributed by atoms with Crippen molar-refractivity contribution in [3.8, 4) is 0 Å². The van der Waals surface area contributed by atoms with Crippen LogP contribution >= 0.6 is 0 Å². The van der Waals surface area contributed by atoms with Crippen LogP contribution in [0.5, 0.6) is 0 Å². The van der Waals surface area contributed by atoms with Crippen LogP contribution in [0.1, 0.15) is 35.2 Å². The Hall–Kier alpha value is -1.72. The molecule has 1 aliphatic rings. The molecule has 1 aromatic rings. The minimum absolute atomic E-state index is 0.158. The summed E-state index contributed by atoms with van der Waals surface area (Å²) in [6, 6.07) is 6.38. The summed E-state index contributed by atoms with van der Waals surface area (Å²) in [6.07, 6.45) is 2.92. The van der Waals surface area contributed by atoms with E-state index in [1.165, 1.54) is 12.1 Å². The van der Waals surface area contributed by atoms with Crippen LogP contribution in [-0.2, 0) is 20.9 Å². The average molecular weight is 264 g/mol. The Bertz CT molecular complexity index is 445. The van der Waals surface area contributed by atoms with E-state index in [1.54, 1.807) is 12.1 Å². The summed E-state index contributed by atoms with van der Waals surface area (Å²) in [7, 11) is 0. The lowest BCUT2D eigenvalue weighted by atomic mass is 10.1. The number of carbonyl (C=O) groups excluding carboxylic acids is 1. The molecule has 5 heteroatoms. The van der Waals surface area contributed by atoms with Crippen molar-refractivity contribution in [2.45, 2.75) is 32.2 Å². The minimum Gasteiger partial charge on any atom is -0.475 e. The zero-order chi connectivity index (χ0) is 13.7. The Morgan fingerprint density at radius 2 is 2.00 bits per heavy atom. The second-order valence-electron chi connectivity index (χ2n) is 4.44. The summed E-state index contributed by atoms with van der Waals surface area (Å²) in [5, 5.41) is 8.59. The van der Waals surface area contributed by atoms with Gasteiger partial charge in [0.05, 0.1) is 6.61 Å². The first kappa shape index (κ1) is 13.7. The molecule has 1 atom stereocenters. The molecule has 0 aliphatic carbocycles. The number of ketones is 1. The van der Waals surface area contributed by atoms with Gasteiger partial charge in [-0.25, -0.2) is 4.79 Å². The third-order valence-corrected chi connectivity index (χ3v) is 2.98. The fourth-order valence-electron chi connectivity index (χ4n) is 1.91. The molecule has 1 heterocycles. The van der Waals surface area contributed by atoms with Gasteiger partial charge in [-0.2, -0.15) is 0 Å². The van der Waals surface area contributed by atoms with Crippen LogP contribution in [0.2, 0.25) is 0 Å². The topological polar surface area (TPSA) is 72.8 Å². The molecule has 1 N–H and O–H groups in total. The monoisotopic (exact) mass is 264 g/mol. The van der Waals surface area contributed by atoms with E-state index in [4.69, 9.17) is 14.6 Å². The number of hydrogen-bond acceptors (Lipinski definition) is 4. The Balaban J connectivity index is 1.87. The molecule has 0 amide bonds. The molecular weight excluding hydrogens is 248 g/mol. The third-order valence-electron chi connectivity index (χ3n) is 2.98. The maximum Gasteiger partial charge on any atom is 0.377 e. The van der Waals surface area contributed by atoms with Gasteiger partial charge in [0.2, 0.25) is 0 Å². The molecule has 102 valence electrons. The Labute approximate surface area is 111 Å². The summed E-state index contributed by atoms with van der Waals surface area (Å²) < 4.78 is 11.0. The van der Waals surface area contributed by atoms with E-state index < -0.39 is 11.8 Å². The van der Waals surface area contributed by atoms with Crippen LogP contribution in [-0.4, -0.2) is 29.8 Å². The predicted molar refractivity (Wildman–Crippen MR) is 66.8 cm³/mol. The van der Waals surface area contributed by atoms with Gasteiger partial charge in [-0.3, -0.25) is 4.79 Å². The second kappa shape index (κ2) is 6.45. The third kappa shape index (κ3) is 3.87. The average Bonchev–Trinajstić information content (AvgIpc) is 2.46. The number of carboxylic acids is 1. The molecule has 19 heavy (non-hydrogen) atoms. The highest BCUT2D eigenvalue weighted by Crippen LogP contribution is 2.16. The predicted octanol–water partition coefficient (Wildman–Crippen LogP) is 2.00. The molecule has 1 unspecified atom stereocenters. The van der Waals surface area contributed by atoms with Gasteiger partial charge in [-0.15, -0.1) is 0 Å². The number of carbonyl (C=O) groups is 2. The smallest absolute Gasteiger partial charge is 0.377 e. The lowest BCUT2D eigenvalue weighted by Crippen LogP contribution is -2.22. The highest BCUT2D eigenvalue weighted by Gasteiger charge is 2.15. The molecule has 0 aromatic heterocycles. The molecular formula is C14H16O5. The number of hydrogen-bond donors (Lipinski definition) is 1. The van der Waals surface area contributed by atoms with Crippen molar-refractivity contribution < 1.29 is 24.2 Å². The molecule has 1 fully saturated rings. The van der Waals surface area contributed by atoms with Crippen molar-refractivity contribution >= 4 is 11.8 Å². The first-order chi connectivity index (χ1) is 9.16. The van der Waals surface area contributed by atoms with Crippen LogP contribution in [0, 0.1) is 0 Å². The van der Waals surface area contributed by atoms with Crippen molar-refractivity contribution in [3.63, 3.8) is 0 Å². The highest BCUT2D eigenvalue weighted by atomic mass is 16.7. The standard InChI is InChI=1S/C14H16O5/c15-13(14(16)17)11-6-4-10(5-7-11)9-19-12-3-1-2-8-18-12/h4-7,12H,1-3,8-9H2,(H,16,17).